The Kier molecular flexibility index (Phi) is 5.14. The Morgan fingerprint density at radius 3 is 1.70 bits per heavy atom. The summed E-state index contributed by atoms with van der Waals surface area (Å²) in [7, 11) is 0. The van der Waals surface area contributed by atoms with Crippen molar-refractivity contribution in [2.45, 2.75) is 13.8 Å². The molecule has 0 radical (unpaired) electrons. The third-order valence-electron chi connectivity index (χ3n) is 0.478. The van der Waals surface area contributed by atoms with Crippen LogP contribution in [0.4, 0.5) is 0 Å². The van der Waals surface area contributed by atoms with Crippen molar-refractivity contribution in [1.29, 1.82) is 0 Å². The molecule has 0 saturated heterocycles. The van der Waals surface area contributed by atoms with Crippen LogP contribution in [0.15, 0.2) is 24.8 Å². The zero-order valence-corrected chi connectivity index (χ0v) is 6.11. The van der Waals surface area contributed by atoms with Crippen LogP contribution in [0.25, 0.3) is 0 Å². The number of hydrogen-bond donors (Lipinski definition) is 0. The van der Waals surface area contributed by atoms with Crippen LogP contribution in [0.2, 0.25) is 0 Å². The summed E-state index contributed by atoms with van der Waals surface area (Å²) >= 11 is 0. The van der Waals surface area contributed by atoms with Gasteiger partial charge in [0.05, 0.1) is 0 Å². The van der Waals surface area contributed by atoms with Crippen molar-refractivity contribution in [2.75, 3.05) is 0 Å². The number of ketones is 1. The van der Waals surface area contributed by atoms with E-state index < -0.39 is 0 Å². The van der Waals surface area contributed by atoms with Crippen molar-refractivity contribution in [1.82, 2.24) is 9.97 Å². The largest absolute Gasteiger partial charge is 0.300 e. The second-order valence-electron chi connectivity index (χ2n) is 1.81. The average molecular weight is 138 g/mol. The summed E-state index contributed by atoms with van der Waals surface area (Å²) in [4.78, 5) is 16.8. The van der Waals surface area contributed by atoms with E-state index in [0.717, 1.165) is 0 Å². The molecule has 0 bridgehead atoms. The molecule has 0 fully saturated rings. The fraction of sp³-hybridized carbons (Fsp3) is 0.286. The Hall–Kier alpha value is -1.25. The molecule has 0 spiro atoms. The van der Waals surface area contributed by atoms with E-state index in [-0.39, 0.29) is 5.78 Å². The van der Waals surface area contributed by atoms with E-state index in [2.05, 4.69) is 9.97 Å². The molecule has 0 N–H and O–H groups in total. The van der Waals surface area contributed by atoms with E-state index in [0.29, 0.717) is 0 Å². The van der Waals surface area contributed by atoms with E-state index >= 15 is 0 Å². The maximum Gasteiger partial charge on any atom is 0.126 e. The van der Waals surface area contributed by atoms with Crippen LogP contribution in [0, 0.1) is 0 Å². The predicted molar refractivity (Wildman–Crippen MR) is 38.4 cm³/mol. The van der Waals surface area contributed by atoms with Gasteiger partial charge in [-0.15, -0.1) is 0 Å². The molecule has 3 nitrogen and oxygen atoms in total. The van der Waals surface area contributed by atoms with Gasteiger partial charge in [0.25, 0.3) is 0 Å². The van der Waals surface area contributed by atoms with Crippen LogP contribution < -0.4 is 0 Å². The zero-order valence-electron chi connectivity index (χ0n) is 6.11. The fourth-order valence-electron chi connectivity index (χ4n) is 0.253. The first-order valence-corrected chi connectivity index (χ1v) is 2.90. The first-order valence-electron chi connectivity index (χ1n) is 2.90. The lowest BCUT2D eigenvalue weighted by Crippen LogP contribution is -1.69. The van der Waals surface area contributed by atoms with Crippen LogP contribution in [-0.4, -0.2) is 15.8 Å². The van der Waals surface area contributed by atoms with Crippen molar-refractivity contribution in [3.05, 3.63) is 24.8 Å². The van der Waals surface area contributed by atoms with Gasteiger partial charge in [-0.1, -0.05) is 0 Å². The molecule has 0 saturated carbocycles. The highest BCUT2D eigenvalue weighted by atomic mass is 16.1. The highest BCUT2D eigenvalue weighted by Crippen LogP contribution is 1.66. The normalized spacial score (nSPS) is 7.40. The quantitative estimate of drug-likeness (QED) is 0.538. The minimum absolute atomic E-state index is 0.167. The summed E-state index contributed by atoms with van der Waals surface area (Å²) in [6.07, 6.45) is 4.88. The minimum Gasteiger partial charge on any atom is -0.300 e. The van der Waals surface area contributed by atoms with Gasteiger partial charge in [-0.05, 0) is 19.9 Å². The summed E-state index contributed by atoms with van der Waals surface area (Å²) in [5, 5.41) is 0. The van der Waals surface area contributed by atoms with Crippen LogP contribution in [0.5, 0.6) is 0 Å². The minimum atomic E-state index is 0.167. The molecule has 0 amide bonds. The van der Waals surface area contributed by atoms with Crippen LogP contribution in [-0.2, 0) is 4.79 Å². The summed E-state index contributed by atoms with van der Waals surface area (Å²) in [5.74, 6) is 0.167. The standard InChI is InChI=1S/C4H4N2.C3H6O/c1-2-5-4-6-3-1;1-3(2)4/h1-4H;1-2H3. The lowest BCUT2D eigenvalue weighted by molar-refractivity contribution is -0.114. The smallest absolute Gasteiger partial charge is 0.126 e. The molecule has 0 aliphatic rings. The zero-order chi connectivity index (χ0) is 7.82. The molecule has 0 aliphatic heterocycles. The maximum atomic E-state index is 9.44. The Labute approximate surface area is 60.1 Å². The molecular weight excluding hydrogens is 128 g/mol. The Morgan fingerprint density at radius 2 is 1.60 bits per heavy atom. The Balaban J connectivity index is 0.000000180. The lowest BCUT2D eigenvalue weighted by Gasteiger charge is -1.70. The molecule has 1 heterocycles. The molecule has 0 unspecified atom stereocenters. The van der Waals surface area contributed by atoms with Crippen LogP contribution >= 0.6 is 0 Å². The van der Waals surface area contributed by atoms with Crippen LogP contribution in [0.3, 0.4) is 0 Å². The highest BCUT2D eigenvalue weighted by Gasteiger charge is 1.62. The number of carbonyl (C=O) groups excluding carboxylic acids is 1. The molecule has 1 aromatic heterocycles. The third-order valence-corrected chi connectivity index (χ3v) is 0.478. The van der Waals surface area contributed by atoms with Crippen molar-refractivity contribution < 1.29 is 4.79 Å². The first-order chi connectivity index (χ1) is 4.73. The Morgan fingerprint density at radius 1 is 1.20 bits per heavy atom. The highest BCUT2D eigenvalue weighted by molar-refractivity contribution is 5.72. The van der Waals surface area contributed by atoms with Gasteiger partial charge in [-0.2, -0.15) is 0 Å². The molecule has 54 valence electrons. The summed E-state index contributed by atoms with van der Waals surface area (Å²) in [6, 6.07) is 1.78. The molecule has 1 rings (SSSR count). The van der Waals surface area contributed by atoms with Gasteiger partial charge in [0.15, 0.2) is 0 Å². The third kappa shape index (κ3) is 9.89. The average Bonchev–Trinajstić information content (AvgIpc) is 1.90. The van der Waals surface area contributed by atoms with Gasteiger partial charge >= 0.3 is 0 Å². The molecule has 1 aromatic rings. The molecule has 0 aliphatic carbocycles. The van der Waals surface area contributed by atoms with Crippen LogP contribution in [0.1, 0.15) is 13.8 Å². The number of hydrogen-bond acceptors (Lipinski definition) is 3. The second-order valence-corrected chi connectivity index (χ2v) is 1.81. The SMILES string of the molecule is CC(C)=O.c1cncnc1. The number of Topliss-reactive ketones (excluding diaryl/α,β-unsaturated/α-hetero) is 1. The van der Waals surface area contributed by atoms with E-state index in [1.165, 1.54) is 20.2 Å². The summed E-state index contributed by atoms with van der Waals surface area (Å²) in [5.41, 5.74) is 0. The van der Waals surface area contributed by atoms with Crippen molar-refractivity contribution in [2.24, 2.45) is 0 Å². The van der Waals surface area contributed by atoms with E-state index in [9.17, 15) is 4.79 Å². The maximum absolute atomic E-state index is 9.44. The molecule has 10 heavy (non-hydrogen) atoms. The molecule has 0 atom stereocenters. The van der Waals surface area contributed by atoms with E-state index in [4.69, 9.17) is 0 Å². The van der Waals surface area contributed by atoms with E-state index in [1.807, 2.05) is 0 Å². The van der Waals surface area contributed by atoms with E-state index in [1.54, 1.807) is 18.5 Å². The molecular formula is C7H10N2O. The predicted octanol–water partition coefficient (Wildman–Crippen LogP) is 1.07. The van der Waals surface area contributed by atoms with Gasteiger partial charge in [0.2, 0.25) is 0 Å². The van der Waals surface area contributed by atoms with Gasteiger partial charge in [-0.3, -0.25) is 0 Å². The van der Waals surface area contributed by atoms with Gasteiger partial charge in [0.1, 0.15) is 12.1 Å². The number of aromatic nitrogens is 2. The van der Waals surface area contributed by atoms with Gasteiger partial charge < -0.3 is 4.79 Å². The Bertz CT molecular complexity index is 144. The van der Waals surface area contributed by atoms with Crippen molar-refractivity contribution >= 4 is 5.78 Å². The topological polar surface area (TPSA) is 42.9 Å². The molecule has 0 aromatic carbocycles. The summed E-state index contributed by atoms with van der Waals surface area (Å²) in [6.45, 7) is 3.06. The first kappa shape index (κ1) is 8.75. The van der Waals surface area contributed by atoms with Crippen molar-refractivity contribution in [3.8, 4) is 0 Å². The fourth-order valence-corrected chi connectivity index (χ4v) is 0.253. The summed E-state index contributed by atoms with van der Waals surface area (Å²) < 4.78 is 0. The second kappa shape index (κ2) is 5.88. The van der Waals surface area contributed by atoms with Gasteiger partial charge in [-0.25, -0.2) is 9.97 Å². The number of carbonyl (C=O) groups is 1. The molecule has 3 heteroatoms. The number of nitrogens with zero attached hydrogens (tertiary/aromatic N) is 2. The van der Waals surface area contributed by atoms with Crippen molar-refractivity contribution in [3.63, 3.8) is 0 Å². The monoisotopic (exact) mass is 138 g/mol. The lowest BCUT2D eigenvalue weighted by atomic mass is 10.6. The van der Waals surface area contributed by atoms with Gasteiger partial charge in [0, 0.05) is 12.4 Å². The number of rotatable bonds is 0.